The molecule has 0 amide bonds. The molecule has 0 aliphatic heterocycles. The average Bonchev–Trinajstić information content (AvgIpc) is 2.41. The van der Waals surface area contributed by atoms with Gasteiger partial charge in [0.05, 0.1) is 11.6 Å². The maximum Gasteiger partial charge on any atom is 0.128 e. The van der Waals surface area contributed by atoms with Crippen LogP contribution < -0.4 is 11.1 Å². The van der Waals surface area contributed by atoms with Gasteiger partial charge in [0.25, 0.3) is 0 Å². The third-order valence-corrected chi connectivity index (χ3v) is 3.91. The second kappa shape index (κ2) is 6.87. The van der Waals surface area contributed by atoms with Crippen molar-refractivity contribution in [2.75, 3.05) is 19.4 Å². The smallest absolute Gasteiger partial charge is 0.128 e. The molecule has 2 unspecified atom stereocenters. The summed E-state index contributed by atoms with van der Waals surface area (Å²) < 4.78 is 5.76. The third-order valence-electron chi connectivity index (χ3n) is 3.91. The first kappa shape index (κ1) is 15.9. The van der Waals surface area contributed by atoms with E-state index in [4.69, 9.17) is 10.5 Å². The number of hydrogen-bond donors (Lipinski definition) is 2. The van der Waals surface area contributed by atoms with E-state index in [1.807, 2.05) is 6.07 Å². The monoisotopic (exact) mass is 265 g/mol. The van der Waals surface area contributed by atoms with Crippen molar-refractivity contribution in [2.24, 2.45) is 0 Å². The molecule has 1 heterocycles. The van der Waals surface area contributed by atoms with Crippen LogP contribution in [0.15, 0.2) is 12.3 Å². The van der Waals surface area contributed by atoms with E-state index in [0.29, 0.717) is 5.82 Å². The van der Waals surface area contributed by atoms with Crippen LogP contribution in [-0.4, -0.2) is 24.2 Å². The molecule has 1 rings (SSSR count). The highest BCUT2D eigenvalue weighted by atomic mass is 16.5. The van der Waals surface area contributed by atoms with Crippen LogP contribution in [0, 0.1) is 6.92 Å². The summed E-state index contributed by atoms with van der Waals surface area (Å²) in [6.07, 6.45) is 3.72. The lowest BCUT2D eigenvalue weighted by Crippen LogP contribution is -2.44. The number of aromatic nitrogens is 1. The Balaban J connectivity index is 3.23. The van der Waals surface area contributed by atoms with E-state index in [9.17, 15) is 0 Å². The SMILES string of the molecule is CCCNC(c1c(C)ccnc1N)C(C)(CC)OC. The first-order chi connectivity index (χ1) is 9.00. The number of hydrogen-bond acceptors (Lipinski definition) is 4. The Morgan fingerprint density at radius 2 is 2.16 bits per heavy atom. The maximum atomic E-state index is 6.09. The molecule has 1 aromatic heterocycles. The van der Waals surface area contributed by atoms with E-state index in [1.165, 1.54) is 0 Å². The molecule has 1 aromatic rings. The van der Waals surface area contributed by atoms with E-state index in [1.54, 1.807) is 13.3 Å². The number of anilines is 1. The lowest BCUT2D eigenvalue weighted by atomic mass is 9.85. The number of nitrogen functional groups attached to an aromatic ring is 1. The first-order valence-corrected chi connectivity index (χ1v) is 6.99. The van der Waals surface area contributed by atoms with E-state index in [-0.39, 0.29) is 11.6 Å². The number of nitrogens with two attached hydrogens (primary N) is 1. The molecular weight excluding hydrogens is 238 g/mol. The molecule has 4 heteroatoms. The van der Waals surface area contributed by atoms with Gasteiger partial charge < -0.3 is 15.8 Å². The van der Waals surface area contributed by atoms with Crippen LogP contribution in [-0.2, 0) is 4.74 Å². The van der Waals surface area contributed by atoms with Crippen molar-refractivity contribution in [2.45, 2.75) is 52.2 Å². The van der Waals surface area contributed by atoms with Gasteiger partial charge in [0, 0.05) is 18.9 Å². The molecule has 3 N–H and O–H groups in total. The van der Waals surface area contributed by atoms with Crippen molar-refractivity contribution in [3.05, 3.63) is 23.4 Å². The quantitative estimate of drug-likeness (QED) is 0.796. The van der Waals surface area contributed by atoms with Gasteiger partial charge in [-0.1, -0.05) is 13.8 Å². The minimum Gasteiger partial charge on any atom is -0.383 e. The Hall–Kier alpha value is -1.13. The summed E-state index contributed by atoms with van der Waals surface area (Å²) >= 11 is 0. The van der Waals surface area contributed by atoms with Crippen molar-refractivity contribution in [3.63, 3.8) is 0 Å². The van der Waals surface area contributed by atoms with E-state index in [0.717, 1.165) is 30.5 Å². The van der Waals surface area contributed by atoms with Gasteiger partial charge in [0.1, 0.15) is 5.82 Å². The Kier molecular flexibility index (Phi) is 5.76. The summed E-state index contributed by atoms with van der Waals surface area (Å²) in [7, 11) is 1.76. The molecule has 0 aliphatic rings. The van der Waals surface area contributed by atoms with Gasteiger partial charge in [-0.3, -0.25) is 0 Å². The lowest BCUT2D eigenvalue weighted by Gasteiger charge is -2.37. The summed E-state index contributed by atoms with van der Waals surface area (Å²) in [5.41, 5.74) is 8.01. The number of rotatable bonds is 7. The highest BCUT2D eigenvalue weighted by Gasteiger charge is 2.35. The molecule has 0 bridgehead atoms. The molecule has 19 heavy (non-hydrogen) atoms. The minimum atomic E-state index is -0.295. The molecule has 0 aliphatic carbocycles. The van der Waals surface area contributed by atoms with E-state index < -0.39 is 0 Å². The number of nitrogens with one attached hydrogen (secondary N) is 1. The number of aryl methyl sites for hydroxylation is 1. The molecule has 0 saturated carbocycles. The van der Waals surface area contributed by atoms with Crippen LogP contribution in [0.5, 0.6) is 0 Å². The van der Waals surface area contributed by atoms with Gasteiger partial charge >= 0.3 is 0 Å². The van der Waals surface area contributed by atoms with Gasteiger partial charge in [-0.25, -0.2) is 4.98 Å². The number of methoxy groups -OCH3 is 1. The van der Waals surface area contributed by atoms with Crippen molar-refractivity contribution in [1.82, 2.24) is 10.3 Å². The van der Waals surface area contributed by atoms with Crippen LogP contribution in [0.2, 0.25) is 0 Å². The highest BCUT2D eigenvalue weighted by molar-refractivity contribution is 5.47. The van der Waals surface area contributed by atoms with Crippen LogP contribution in [0.25, 0.3) is 0 Å². The molecule has 4 nitrogen and oxygen atoms in total. The fraction of sp³-hybridized carbons (Fsp3) is 0.667. The average molecular weight is 265 g/mol. The van der Waals surface area contributed by atoms with Crippen molar-refractivity contribution in [3.8, 4) is 0 Å². The predicted molar refractivity (Wildman–Crippen MR) is 80.1 cm³/mol. The van der Waals surface area contributed by atoms with Gasteiger partial charge in [0.15, 0.2) is 0 Å². The molecule has 0 saturated heterocycles. The Labute approximate surface area is 116 Å². The summed E-state index contributed by atoms with van der Waals surface area (Å²) in [6, 6.07) is 2.05. The molecule has 2 atom stereocenters. The summed E-state index contributed by atoms with van der Waals surface area (Å²) in [6.45, 7) is 9.40. The molecular formula is C15H27N3O. The summed E-state index contributed by atoms with van der Waals surface area (Å²) in [4.78, 5) is 4.23. The fourth-order valence-corrected chi connectivity index (χ4v) is 2.34. The largest absolute Gasteiger partial charge is 0.383 e. The van der Waals surface area contributed by atoms with Gasteiger partial charge in [-0.2, -0.15) is 0 Å². The molecule has 0 aromatic carbocycles. The fourth-order valence-electron chi connectivity index (χ4n) is 2.34. The van der Waals surface area contributed by atoms with Crippen molar-refractivity contribution in [1.29, 1.82) is 0 Å². The summed E-state index contributed by atoms with van der Waals surface area (Å²) in [5, 5.41) is 3.56. The van der Waals surface area contributed by atoms with Crippen LogP contribution in [0.4, 0.5) is 5.82 Å². The molecule has 0 radical (unpaired) electrons. The van der Waals surface area contributed by atoms with Gasteiger partial charge in [-0.05, 0) is 44.9 Å². The molecule has 108 valence electrons. The van der Waals surface area contributed by atoms with Gasteiger partial charge in [-0.15, -0.1) is 0 Å². The van der Waals surface area contributed by atoms with Crippen molar-refractivity contribution < 1.29 is 4.74 Å². The van der Waals surface area contributed by atoms with E-state index >= 15 is 0 Å². The topological polar surface area (TPSA) is 60.2 Å². The normalized spacial score (nSPS) is 16.1. The lowest BCUT2D eigenvalue weighted by molar-refractivity contribution is -0.0299. The minimum absolute atomic E-state index is 0.0520. The zero-order valence-corrected chi connectivity index (χ0v) is 12.8. The Morgan fingerprint density at radius 3 is 2.63 bits per heavy atom. The van der Waals surface area contributed by atoms with Crippen LogP contribution in [0.3, 0.4) is 0 Å². The third kappa shape index (κ3) is 3.45. The Bertz CT molecular complexity index is 382. The van der Waals surface area contributed by atoms with Crippen LogP contribution >= 0.6 is 0 Å². The first-order valence-electron chi connectivity index (χ1n) is 6.99. The predicted octanol–water partition coefficient (Wildman–Crippen LogP) is 2.83. The molecule has 0 spiro atoms. The maximum absolute atomic E-state index is 6.09. The van der Waals surface area contributed by atoms with Crippen LogP contribution in [0.1, 0.15) is 50.8 Å². The van der Waals surface area contributed by atoms with E-state index in [2.05, 4.69) is 38.0 Å². The second-order valence-electron chi connectivity index (χ2n) is 5.18. The second-order valence-corrected chi connectivity index (χ2v) is 5.18. The molecule has 0 fully saturated rings. The number of ether oxygens (including phenoxy) is 1. The standard InChI is InChI=1S/C15H27N3O/c1-6-9-17-13(15(4,7-2)19-5)12-11(3)8-10-18-14(12)16/h8,10,13,17H,6-7,9H2,1-5H3,(H2,16,18). The number of nitrogens with zero attached hydrogens (tertiary/aromatic N) is 1. The Morgan fingerprint density at radius 1 is 1.47 bits per heavy atom. The zero-order valence-electron chi connectivity index (χ0n) is 12.8. The van der Waals surface area contributed by atoms with Crippen molar-refractivity contribution >= 4 is 5.82 Å². The number of pyridine rings is 1. The van der Waals surface area contributed by atoms with Gasteiger partial charge in [0.2, 0.25) is 0 Å². The highest BCUT2D eigenvalue weighted by Crippen LogP contribution is 2.35. The summed E-state index contributed by atoms with van der Waals surface area (Å²) in [5.74, 6) is 0.588. The zero-order chi connectivity index (χ0) is 14.5.